The SMILES string of the molecule is COc1ccc(C(=O)Oc2cc(F)ccc2[N+](=O)[O-])cc1. The smallest absolute Gasteiger partial charge is 0.343 e. The van der Waals surface area contributed by atoms with E-state index >= 15 is 0 Å². The summed E-state index contributed by atoms with van der Waals surface area (Å²) >= 11 is 0. The molecule has 0 heterocycles. The maximum atomic E-state index is 13.1. The molecular weight excluding hydrogens is 281 g/mol. The monoisotopic (exact) mass is 291 g/mol. The van der Waals surface area contributed by atoms with Gasteiger partial charge in [0.15, 0.2) is 0 Å². The summed E-state index contributed by atoms with van der Waals surface area (Å²) in [6.07, 6.45) is 0. The molecule has 0 aliphatic carbocycles. The molecule has 2 rings (SSSR count). The van der Waals surface area contributed by atoms with Crippen LogP contribution in [0.2, 0.25) is 0 Å². The molecular formula is C14H10FNO5. The summed E-state index contributed by atoms with van der Waals surface area (Å²) in [4.78, 5) is 21.9. The number of rotatable bonds is 4. The van der Waals surface area contributed by atoms with Crippen LogP contribution >= 0.6 is 0 Å². The number of carbonyl (C=O) groups excluding carboxylic acids is 1. The van der Waals surface area contributed by atoms with Gasteiger partial charge in [-0.15, -0.1) is 0 Å². The lowest BCUT2D eigenvalue weighted by molar-refractivity contribution is -0.385. The number of nitro benzene ring substituents is 1. The zero-order chi connectivity index (χ0) is 15.4. The maximum absolute atomic E-state index is 13.1. The molecule has 108 valence electrons. The van der Waals surface area contributed by atoms with Crippen LogP contribution in [0.4, 0.5) is 10.1 Å². The van der Waals surface area contributed by atoms with E-state index in [9.17, 15) is 19.3 Å². The van der Waals surface area contributed by atoms with E-state index < -0.39 is 28.1 Å². The van der Waals surface area contributed by atoms with Gasteiger partial charge in [0.2, 0.25) is 5.75 Å². The molecule has 0 saturated heterocycles. The van der Waals surface area contributed by atoms with Crippen molar-refractivity contribution in [3.8, 4) is 11.5 Å². The molecule has 0 aliphatic rings. The lowest BCUT2D eigenvalue weighted by Gasteiger charge is -2.06. The third kappa shape index (κ3) is 3.33. The van der Waals surface area contributed by atoms with Crippen LogP contribution in [0.25, 0.3) is 0 Å². The third-order valence-corrected chi connectivity index (χ3v) is 2.65. The average Bonchev–Trinajstić information content (AvgIpc) is 2.47. The van der Waals surface area contributed by atoms with E-state index in [2.05, 4.69) is 0 Å². The Morgan fingerprint density at radius 2 is 1.86 bits per heavy atom. The molecule has 0 amide bonds. The Morgan fingerprint density at radius 1 is 1.19 bits per heavy atom. The molecule has 0 aliphatic heterocycles. The van der Waals surface area contributed by atoms with Gasteiger partial charge in [-0.3, -0.25) is 10.1 Å². The van der Waals surface area contributed by atoms with E-state index in [1.54, 1.807) is 0 Å². The Balaban J connectivity index is 2.26. The second-order valence-corrected chi connectivity index (χ2v) is 3.99. The van der Waals surface area contributed by atoms with Crippen LogP contribution in [0.1, 0.15) is 10.4 Å². The van der Waals surface area contributed by atoms with Gasteiger partial charge >= 0.3 is 11.7 Å². The minimum Gasteiger partial charge on any atom is -0.497 e. The van der Waals surface area contributed by atoms with Gasteiger partial charge in [0.25, 0.3) is 0 Å². The van der Waals surface area contributed by atoms with Crippen molar-refractivity contribution < 1.29 is 23.6 Å². The first kappa shape index (κ1) is 14.4. The van der Waals surface area contributed by atoms with Crippen molar-refractivity contribution in [1.29, 1.82) is 0 Å². The minimum absolute atomic E-state index is 0.161. The van der Waals surface area contributed by atoms with Crippen LogP contribution in [-0.2, 0) is 0 Å². The highest BCUT2D eigenvalue weighted by Crippen LogP contribution is 2.28. The highest BCUT2D eigenvalue weighted by atomic mass is 19.1. The van der Waals surface area contributed by atoms with Crippen LogP contribution in [-0.4, -0.2) is 18.0 Å². The summed E-state index contributed by atoms with van der Waals surface area (Å²) in [6.45, 7) is 0. The molecule has 0 saturated carbocycles. The van der Waals surface area contributed by atoms with E-state index in [-0.39, 0.29) is 5.56 Å². The molecule has 0 fully saturated rings. The number of esters is 1. The lowest BCUT2D eigenvalue weighted by Crippen LogP contribution is -2.10. The van der Waals surface area contributed by atoms with Crippen molar-refractivity contribution in [1.82, 2.24) is 0 Å². The molecule has 0 N–H and O–H groups in total. The minimum atomic E-state index is -0.827. The van der Waals surface area contributed by atoms with E-state index in [0.29, 0.717) is 5.75 Å². The van der Waals surface area contributed by atoms with Crippen molar-refractivity contribution in [2.75, 3.05) is 7.11 Å². The Labute approximate surface area is 118 Å². The van der Waals surface area contributed by atoms with Gasteiger partial charge in [-0.25, -0.2) is 9.18 Å². The number of hydrogen-bond donors (Lipinski definition) is 0. The van der Waals surface area contributed by atoms with Gasteiger partial charge < -0.3 is 9.47 Å². The second kappa shape index (κ2) is 6.00. The van der Waals surface area contributed by atoms with Crippen LogP contribution in [0.15, 0.2) is 42.5 Å². The van der Waals surface area contributed by atoms with Crippen molar-refractivity contribution in [3.05, 3.63) is 64.0 Å². The van der Waals surface area contributed by atoms with Crippen molar-refractivity contribution in [2.45, 2.75) is 0 Å². The molecule has 0 unspecified atom stereocenters. The van der Waals surface area contributed by atoms with Gasteiger partial charge in [0.05, 0.1) is 17.6 Å². The molecule has 2 aromatic rings. The van der Waals surface area contributed by atoms with Gasteiger partial charge in [-0.05, 0) is 30.3 Å². The van der Waals surface area contributed by atoms with E-state index in [4.69, 9.17) is 9.47 Å². The zero-order valence-electron chi connectivity index (χ0n) is 10.9. The Hall–Kier alpha value is -2.96. The summed E-state index contributed by atoms with van der Waals surface area (Å²) < 4.78 is 23.0. The third-order valence-electron chi connectivity index (χ3n) is 2.65. The molecule has 0 radical (unpaired) electrons. The summed E-state index contributed by atoms with van der Waals surface area (Å²) in [7, 11) is 1.48. The van der Waals surface area contributed by atoms with Gasteiger partial charge in [-0.1, -0.05) is 0 Å². The lowest BCUT2D eigenvalue weighted by atomic mass is 10.2. The average molecular weight is 291 g/mol. The highest BCUT2D eigenvalue weighted by molar-refractivity contribution is 5.91. The standard InChI is InChI=1S/C14H10FNO5/c1-20-11-5-2-9(3-6-11)14(17)21-13-8-10(15)4-7-12(13)16(18)19/h2-8H,1H3. The Kier molecular flexibility index (Phi) is 4.13. The summed E-state index contributed by atoms with van der Waals surface area (Å²) in [6, 6.07) is 8.60. The van der Waals surface area contributed by atoms with E-state index in [1.807, 2.05) is 0 Å². The molecule has 0 atom stereocenters. The second-order valence-electron chi connectivity index (χ2n) is 3.99. The highest BCUT2D eigenvalue weighted by Gasteiger charge is 2.19. The number of hydrogen-bond acceptors (Lipinski definition) is 5. The van der Waals surface area contributed by atoms with Gasteiger partial charge in [0.1, 0.15) is 11.6 Å². The normalized spacial score (nSPS) is 10.0. The fourth-order valence-corrected chi connectivity index (χ4v) is 1.61. The Bertz CT molecular complexity index is 684. The molecule has 0 aromatic heterocycles. The largest absolute Gasteiger partial charge is 0.497 e. The first-order chi connectivity index (χ1) is 10.0. The summed E-state index contributed by atoms with van der Waals surface area (Å²) in [5.74, 6) is -1.46. The van der Waals surface area contributed by atoms with Gasteiger partial charge in [-0.2, -0.15) is 0 Å². The molecule has 0 spiro atoms. The van der Waals surface area contributed by atoms with Gasteiger partial charge in [0, 0.05) is 12.1 Å². The number of nitro groups is 1. The zero-order valence-corrected chi connectivity index (χ0v) is 10.9. The topological polar surface area (TPSA) is 78.7 Å². The number of halogens is 1. The molecule has 21 heavy (non-hydrogen) atoms. The maximum Gasteiger partial charge on any atom is 0.343 e. The van der Waals surface area contributed by atoms with E-state index in [0.717, 1.165) is 18.2 Å². The molecule has 2 aromatic carbocycles. The number of carbonyl (C=O) groups is 1. The number of benzene rings is 2. The Morgan fingerprint density at radius 3 is 2.43 bits per heavy atom. The van der Waals surface area contributed by atoms with Crippen LogP contribution in [0.5, 0.6) is 11.5 Å². The summed E-state index contributed by atoms with van der Waals surface area (Å²) in [5.41, 5.74) is -0.326. The van der Waals surface area contributed by atoms with E-state index in [1.165, 1.54) is 31.4 Å². The van der Waals surface area contributed by atoms with Crippen LogP contribution in [0, 0.1) is 15.9 Å². The van der Waals surface area contributed by atoms with Crippen molar-refractivity contribution in [2.24, 2.45) is 0 Å². The van der Waals surface area contributed by atoms with Crippen molar-refractivity contribution >= 4 is 11.7 Å². The number of nitrogens with zero attached hydrogens (tertiary/aromatic N) is 1. The van der Waals surface area contributed by atoms with Crippen LogP contribution in [0.3, 0.4) is 0 Å². The van der Waals surface area contributed by atoms with Crippen LogP contribution < -0.4 is 9.47 Å². The number of methoxy groups -OCH3 is 1. The first-order valence-electron chi connectivity index (χ1n) is 5.81. The summed E-state index contributed by atoms with van der Waals surface area (Å²) in [5, 5.41) is 10.8. The predicted molar refractivity (Wildman–Crippen MR) is 71.0 cm³/mol. The number of ether oxygens (including phenoxy) is 2. The molecule has 6 nitrogen and oxygen atoms in total. The molecule has 7 heteroatoms. The fourth-order valence-electron chi connectivity index (χ4n) is 1.61. The fraction of sp³-hybridized carbons (Fsp3) is 0.0714. The molecule has 0 bridgehead atoms. The van der Waals surface area contributed by atoms with Crippen molar-refractivity contribution in [3.63, 3.8) is 0 Å². The quantitative estimate of drug-likeness (QED) is 0.374. The predicted octanol–water partition coefficient (Wildman–Crippen LogP) is 2.96. The first-order valence-corrected chi connectivity index (χ1v) is 5.81.